The molecule has 0 aliphatic rings. The van der Waals surface area contributed by atoms with Gasteiger partial charge in [-0.3, -0.25) is 0 Å². The molecule has 0 N–H and O–H groups in total. The molecule has 0 saturated heterocycles. The van der Waals surface area contributed by atoms with Gasteiger partial charge in [-0.15, -0.1) is 15.8 Å². The molecule has 2 atom stereocenters. The van der Waals surface area contributed by atoms with E-state index in [0.29, 0.717) is 10.3 Å². The molecule has 1 aromatic carbocycles. The molecule has 27 heavy (non-hydrogen) atoms. The molecule has 1 aromatic rings. The van der Waals surface area contributed by atoms with Crippen molar-refractivity contribution in [3.8, 4) is 0 Å². The fourth-order valence-corrected chi connectivity index (χ4v) is 4.71. The summed E-state index contributed by atoms with van der Waals surface area (Å²) in [6.07, 6.45) is 2.41. The van der Waals surface area contributed by atoms with E-state index < -0.39 is 5.97 Å². The van der Waals surface area contributed by atoms with Gasteiger partial charge in [0.15, 0.2) is 0 Å². The summed E-state index contributed by atoms with van der Waals surface area (Å²) < 4.78 is 0. The number of carbonyl (C=O) groups excluding carboxylic acids is 1. The molecule has 0 bridgehead atoms. The van der Waals surface area contributed by atoms with Gasteiger partial charge in [-0.2, -0.15) is 34.4 Å². The maximum absolute atomic E-state index is 8.89. The molecule has 158 valence electrons. The molecule has 0 radical (unpaired) electrons. The van der Waals surface area contributed by atoms with E-state index in [9.17, 15) is 0 Å². The Morgan fingerprint density at radius 1 is 0.926 bits per heavy atom. The molecule has 0 aliphatic carbocycles. The van der Waals surface area contributed by atoms with E-state index in [4.69, 9.17) is 9.90 Å². The summed E-state index contributed by atoms with van der Waals surface area (Å²) in [7, 11) is -0.00998. The van der Waals surface area contributed by atoms with Crippen molar-refractivity contribution in [3.05, 3.63) is 34.4 Å². The van der Waals surface area contributed by atoms with Crippen molar-refractivity contribution < 1.29 is 30.3 Å². The van der Waals surface area contributed by atoms with Crippen molar-refractivity contribution in [2.45, 2.75) is 84.9 Å². The second kappa shape index (κ2) is 12.0. The van der Waals surface area contributed by atoms with Crippen molar-refractivity contribution in [2.75, 3.05) is 13.3 Å². The Balaban J connectivity index is 0. The van der Waals surface area contributed by atoms with Crippen LogP contribution in [0.5, 0.6) is 0 Å². The number of rotatable bonds is 4. The molecule has 5 heteroatoms. The minimum Gasteiger partial charge on any atom is -0.550 e. The van der Waals surface area contributed by atoms with Crippen molar-refractivity contribution in [2.24, 2.45) is 0 Å². The fourth-order valence-electron chi connectivity index (χ4n) is 2.16. The first-order chi connectivity index (χ1) is 11.6. The monoisotopic (exact) mass is 502 g/mol. The second-order valence-corrected chi connectivity index (χ2v) is 15.2. The molecule has 2 nitrogen and oxygen atoms in total. The average molecular weight is 503 g/mol. The van der Waals surface area contributed by atoms with Crippen LogP contribution in [0.25, 0.3) is 0 Å². The number of carboxylic acids is 1. The third-order valence-corrected chi connectivity index (χ3v) is 10.9. The Kier molecular flexibility index (Phi) is 13.1. The third kappa shape index (κ3) is 11.7. The van der Waals surface area contributed by atoms with E-state index in [1.54, 1.807) is 0 Å². The molecule has 1 rings (SSSR count). The zero-order valence-corrected chi connectivity index (χ0v) is 22.4. The van der Waals surface area contributed by atoms with Gasteiger partial charge in [0.25, 0.3) is 0 Å². The molecule has 0 saturated carbocycles. The largest absolute Gasteiger partial charge is 2.00 e. The Morgan fingerprint density at radius 2 is 1.19 bits per heavy atom. The van der Waals surface area contributed by atoms with Crippen LogP contribution < -0.4 is 5.11 Å². The van der Waals surface area contributed by atoms with Gasteiger partial charge in [-0.25, -0.2) is 0 Å². The van der Waals surface area contributed by atoms with Gasteiger partial charge in [0, 0.05) is 5.97 Å². The molecular weight excluding hydrogens is 465 g/mol. The Bertz CT molecular complexity index is 554. The molecule has 0 heterocycles. The van der Waals surface area contributed by atoms with Crippen LogP contribution in [0.15, 0.2) is 6.07 Å². The first-order valence-corrected chi connectivity index (χ1v) is 13.1. The minimum absolute atomic E-state index is 0. The molecule has 0 unspecified atom stereocenters. The maximum atomic E-state index is 8.89. The fraction of sp³-hybridized carbons (Fsp3) is 0.682. The van der Waals surface area contributed by atoms with Gasteiger partial charge in [-0.05, 0) is 42.9 Å². The van der Waals surface area contributed by atoms with Gasteiger partial charge in [0.2, 0.25) is 0 Å². The summed E-state index contributed by atoms with van der Waals surface area (Å²) in [6, 6.07) is 6.21. The number of hydrogen-bond donors (Lipinski definition) is 0. The second-order valence-electron chi connectivity index (χ2n) is 9.14. The zero-order chi connectivity index (χ0) is 20.9. The third-order valence-electron chi connectivity index (χ3n) is 4.77. The standard InChI is InChI=1S/C20H35P2.C2H4O2.Pd/c1-15-11-16(2)18(14-22(10)20(6,7)8)12-17(15)13-21(9)19(3,4)5;1-2(3)4;/h11H,13-14H2,1-10H3;1H3,(H,3,4);/q-1;;+2/p-1/t21-,22-;;/m0../s1. The van der Waals surface area contributed by atoms with Crippen LogP contribution in [-0.2, 0) is 37.5 Å². The van der Waals surface area contributed by atoms with E-state index in [2.05, 4.69) is 80.9 Å². The van der Waals surface area contributed by atoms with Crippen molar-refractivity contribution in [1.82, 2.24) is 0 Å². The van der Waals surface area contributed by atoms with E-state index >= 15 is 0 Å². The van der Waals surface area contributed by atoms with Gasteiger partial charge >= 0.3 is 20.4 Å². The Hall–Kier alpha value is 0.212. The first kappa shape index (κ1) is 29.4. The van der Waals surface area contributed by atoms with Crippen LogP contribution in [-0.4, -0.2) is 29.6 Å². The molecular formula is C22H38O2P2Pd. The molecule has 0 fully saturated rings. The van der Waals surface area contributed by atoms with Crippen LogP contribution in [0.1, 0.15) is 70.7 Å². The molecule has 0 aliphatic heterocycles. The first-order valence-electron chi connectivity index (χ1n) is 9.17. The average Bonchev–Trinajstić information content (AvgIpc) is 2.41. The summed E-state index contributed by atoms with van der Waals surface area (Å²) in [5, 5.41) is 9.73. The summed E-state index contributed by atoms with van der Waals surface area (Å²) in [4.78, 5) is 8.89. The van der Waals surface area contributed by atoms with Crippen molar-refractivity contribution in [3.63, 3.8) is 0 Å². The number of carbonyl (C=O) groups is 1. The molecule has 0 amide bonds. The van der Waals surface area contributed by atoms with Crippen molar-refractivity contribution >= 4 is 21.8 Å². The summed E-state index contributed by atoms with van der Waals surface area (Å²) in [6.45, 7) is 24.6. The number of benzene rings is 1. The predicted octanol–water partition coefficient (Wildman–Crippen LogP) is 5.68. The minimum atomic E-state index is -1.08. The number of carboxylic acid groups (broad SMARTS) is 1. The van der Waals surface area contributed by atoms with Crippen LogP contribution in [0.3, 0.4) is 0 Å². The molecule has 0 spiro atoms. The Labute approximate surface area is 184 Å². The normalized spacial score (nSPS) is 13.7. The van der Waals surface area contributed by atoms with E-state index in [1.807, 2.05) is 0 Å². The number of aryl methyl sites for hydroxylation is 2. The van der Waals surface area contributed by atoms with Crippen molar-refractivity contribution in [1.29, 1.82) is 0 Å². The zero-order valence-electron chi connectivity index (χ0n) is 19.0. The SMILES string of the molecule is CC(=O)[O-].Cc1cc(C)c(C[P@](C)C(C)(C)C)[c-]c1C[P@](C)C(C)(C)C.[Pd+2]. The smallest absolute Gasteiger partial charge is 0.550 e. The summed E-state index contributed by atoms with van der Waals surface area (Å²) >= 11 is 0. The summed E-state index contributed by atoms with van der Waals surface area (Å²) in [5.74, 6) is -1.08. The topological polar surface area (TPSA) is 40.1 Å². The van der Waals surface area contributed by atoms with E-state index in [-0.39, 0.29) is 36.3 Å². The van der Waals surface area contributed by atoms with E-state index in [1.165, 1.54) is 34.6 Å². The van der Waals surface area contributed by atoms with Gasteiger partial charge in [0.05, 0.1) is 0 Å². The molecule has 0 aromatic heterocycles. The predicted molar refractivity (Wildman–Crippen MR) is 118 cm³/mol. The van der Waals surface area contributed by atoms with Crippen LogP contribution >= 0.6 is 15.8 Å². The van der Waals surface area contributed by atoms with Crippen LogP contribution in [0.2, 0.25) is 0 Å². The number of hydrogen-bond acceptors (Lipinski definition) is 2. The quantitative estimate of drug-likeness (QED) is 0.302. The van der Waals surface area contributed by atoms with E-state index in [0.717, 1.165) is 6.92 Å². The summed E-state index contributed by atoms with van der Waals surface area (Å²) in [5.41, 5.74) is 5.77. The van der Waals surface area contributed by atoms with Crippen LogP contribution in [0, 0.1) is 19.9 Å². The Morgan fingerprint density at radius 3 is 1.41 bits per heavy atom. The maximum Gasteiger partial charge on any atom is 2.00 e. The van der Waals surface area contributed by atoms with Gasteiger partial charge < -0.3 is 9.90 Å². The van der Waals surface area contributed by atoms with Gasteiger partial charge in [-0.1, -0.05) is 55.4 Å². The van der Waals surface area contributed by atoms with Crippen LogP contribution in [0.4, 0.5) is 0 Å². The van der Waals surface area contributed by atoms with Gasteiger partial charge in [0.1, 0.15) is 0 Å². The number of aliphatic carboxylic acids is 1.